The molecule has 2 aliphatic rings. The maximum Gasteiger partial charge on any atom is 0.132 e. The summed E-state index contributed by atoms with van der Waals surface area (Å²) in [5.74, 6) is 1.18. The highest BCUT2D eigenvalue weighted by Gasteiger charge is 2.30. The number of hydrogen-bond acceptors (Lipinski definition) is 3. The lowest BCUT2D eigenvalue weighted by Crippen LogP contribution is -2.38. The van der Waals surface area contributed by atoms with Crippen LogP contribution in [0.3, 0.4) is 0 Å². The van der Waals surface area contributed by atoms with Crippen LogP contribution in [0.1, 0.15) is 57.9 Å². The van der Waals surface area contributed by atoms with E-state index in [0.717, 1.165) is 12.6 Å². The van der Waals surface area contributed by atoms with Gasteiger partial charge in [-0.2, -0.15) is 0 Å². The molecule has 0 spiro atoms. The molecule has 0 aromatic carbocycles. The number of rotatable bonds is 5. The Morgan fingerprint density at radius 3 is 2.62 bits per heavy atom. The third-order valence-corrected chi connectivity index (χ3v) is 5.22. The lowest BCUT2D eigenvalue weighted by atomic mass is 9.75. The average molecular weight is 287 g/mol. The quantitative estimate of drug-likeness (QED) is 0.894. The molecule has 1 heterocycles. The summed E-state index contributed by atoms with van der Waals surface area (Å²) >= 11 is 0. The lowest BCUT2D eigenvalue weighted by Gasteiger charge is -2.39. The van der Waals surface area contributed by atoms with Crippen LogP contribution >= 0.6 is 0 Å². The van der Waals surface area contributed by atoms with Crippen LogP contribution in [-0.2, 0) is 6.54 Å². The molecule has 0 amide bonds. The summed E-state index contributed by atoms with van der Waals surface area (Å²) < 4.78 is 0. The molecule has 1 aromatic heterocycles. The van der Waals surface area contributed by atoms with Crippen LogP contribution in [0.25, 0.3) is 0 Å². The fraction of sp³-hybridized carbons (Fsp3) is 0.722. The molecule has 3 rings (SSSR count). The van der Waals surface area contributed by atoms with E-state index in [1.165, 1.54) is 49.9 Å². The number of pyridine rings is 1. The van der Waals surface area contributed by atoms with E-state index in [4.69, 9.17) is 0 Å². The Morgan fingerprint density at radius 2 is 1.95 bits per heavy atom. The largest absolute Gasteiger partial charge is 0.356 e. The number of aromatic nitrogens is 1. The van der Waals surface area contributed by atoms with Crippen molar-refractivity contribution in [1.82, 2.24) is 10.3 Å². The van der Waals surface area contributed by atoms with Gasteiger partial charge in [-0.1, -0.05) is 19.9 Å². The van der Waals surface area contributed by atoms with Crippen molar-refractivity contribution < 1.29 is 0 Å². The van der Waals surface area contributed by atoms with Crippen molar-refractivity contribution in [3.05, 3.63) is 23.9 Å². The van der Waals surface area contributed by atoms with Gasteiger partial charge in [-0.15, -0.1) is 0 Å². The summed E-state index contributed by atoms with van der Waals surface area (Å²) in [4.78, 5) is 7.10. The first-order chi connectivity index (χ1) is 10.1. The molecule has 0 aliphatic heterocycles. The summed E-state index contributed by atoms with van der Waals surface area (Å²) in [5.41, 5.74) is 1.87. The van der Waals surface area contributed by atoms with Crippen molar-refractivity contribution in [3.63, 3.8) is 0 Å². The number of nitrogens with one attached hydrogen (secondary N) is 1. The standard InChI is InChI=1S/C18H29N3/c1-18(2)10-8-16(9-11-18)21(3)17-14(5-4-12-19-17)13-20-15-6-7-15/h4-5,12,15-16,20H,6-11,13H2,1-3H3. The SMILES string of the molecule is CN(c1ncccc1CNC1CC1)C1CCC(C)(C)CC1. The lowest BCUT2D eigenvalue weighted by molar-refractivity contribution is 0.222. The van der Waals surface area contributed by atoms with E-state index in [9.17, 15) is 0 Å². The van der Waals surface area contributed by atoms with Gasteiger partial charge in [0.25, 0.3) is 0 Å². The summed E-state index contributed by atoms with van der Waals surface area (Å²) in [6.07, 6.45) is 9.83. The van der Waals surface area contributed by atoms with Crippen molar-refractivity contribution in [1.29, 1.82) is 0 Å². The van der Waals surface area contributed by atoms with Crippen LogP contribution in [0.5, 0.6) is 0 Å². The van der Waals surface area contributed by atoms with Gasteiger partial charge in [0.2, 0.25) is 0 Å². The van der Waals surface area contributed by atoms with E-state index in [-0.39, 0.29) is 0 Å². The third kappa shape index (κ3) is 3.76. The molecule has 2 saturated carbocycles. The van der Waals surface area contributed by atoms with Gasteiger partial charge < -0.3 is 10.2 Å². The van der Waals surface area contributed by atoms with Crippen LogP contribution in [0.15, 0.2) is 18.3 Å². The van der Waals surface area contributed by atoms with Crippen molar-refractivity contribution in [2.45, 2.75) is 71.0 Å². The molecule has 2 aliphatic carbocycles. The minimum absolute atomic E-state index is 0.526. The number of nitrogens with zero attached hydrogens (tertiary/aromatic N) is 2. The van der Waals surface area contributed by atoms with Gasteiger partial charge in [0, 0.05) is 37.4 Å². The first kappa shape index (κ1) is 14.8. The van der Waals surface area contributed by atoms with Gasteiger partial charge >= 0.3 is 0 Å². The number of anilines is 1. The van der Waals surface area contributed by atoms with E-state index in [1.807, 2.05) is 6.20 Å². The molecular weight excluding hydrogens is 258 g/mol. The predicted octanol–water partition coefficient (Wildman–Crippen LogP) is 3.74. The topological polar surface area (TPSA) is 28.2 Å². The highest BCUT2D eigenvalue weighted by atomic mass is 15.2. The van der Waals surface area contributed by atoms with Crippen molar-refractivity contribution in [2.75, 3.05) is 11.9 Å². The zero-order chi connectivity index (χ0) is 14.9. The summed E-state index contributed by atoms with van der Waals surface area (Å²) in [6, 6.07) is 5.68. The molecule has 21 heavy (non-hydrogen) atoms. The first-order valence-corrected chi connectivity index (χ1v) is 8.45. The number of hydrogen-bond donors (Lipinski definition) is 1. The highest BCUT2D eigenvalue weighted by molar-refractivity contribution is 5.47. The Labute approximate surface area is 129 Å². The monoisotopic (exact) mass is 287 g/mol. The van der Waals surface area contributed by atoms with Gasteiger partial charge in [-0.05, 0) is 50.0 Å². The maximum atomic E-state index is 4.67. The molecule has 0 saturated heterocycles. The van der Waals surface area contributed by atoms with E-state index < -0.39 is 0 Å². The summed E-state index contributed by atoms with van der Waals surface area (Å²) in [7, 11) is 2.23. The molecular formula is C18H29N3. The average Bonchev–Trinajstić information content (AvgIpc) is 3.29. The molecule has 0 atom stereocenters. The molecule has 3 heteroatoms. The normalized spacial score (nSPS) is 22.2. The van der Waals surface area contributed by atoms with Crippen LogP contribution < -0.4 is 10.2 Å². The fourth-order valence-corrected chi connectivity index (χ4v) is 3.37. The minimum atomic E-state index is 0.526. The molecule has 0 bridgehead atoms. The van der Waals surface area contributed by atoms with Crippen molar-refractivity contribution in [3.8, 4) is 0 Å². The second kappa shape index (κ2) is 5.96. The summed E-state index contributed by atoms with van der Waals surface area (Å²) in [6.45, 7) is 5.75. The molecule has 3 nitrogen and oxygen atoms in total. The Balaban J connectivity index is 1.67. The van der Waals surface area contributed by atoms with Gasteiger partial charge in [0.05, 0.1) is 0 Å². The second-order valence-corrected chi connectivity index (χ2v) is 7.65. The van der Waals surface area contributed by atoms with Crippen molar-refractivity contribution >= 4 is 5.82 Å². The van der Waals surface area contributed by atoms with E-state index >= 15 is 0 Å². The van der Waals surface area contributed by atoms with Gasteiger partial charge in [0.15, 0.2) is 0 Å². The third-order valence-electron chi connectivity index (χ3n) is 5.22. The van der Waals surface area contributed by atoms with E-state index in [2.05, 4.69) is 48.2 Å². The highest BCUT2D eigenvalue weighted by Crippen LogP contribution is 2.37. The second-order valence-electron chi connectivity index (χ2n) is 7.65. The maximum absolute atomic E-state index is 4.67. The van der Waals surface area contributed by atoms with Gasteiger partial charge in [0.1, 0.15) is 5.82 Å². The minimum Gasteiger partial charge on any atom is -0.356 e. The van der Waals surface area contributed by atoms with Gasteiger partial charge in [-0.25, -0.2) is 4.98 Å². The first-order valence-electron chi connectivity index (χ1n) is 8.45. The van der Waals surface area contributed by atoms with Crippen LogP contribution in [-0.4, -0.2) is 24.1 Å². The van der Waals surface area contributed by atoms with Crippen molar-refractivity contribution in [2.24, 2.45) is 5.41 Å². The Kier molecular flexibility index (Phi) is 4.21. The zero-order valence-electron chi connectivity index (χ0n) is 13.7. The van der Waals surface area contributed by atoms with Crippen LogP contribution in [0, 0.1) is 5.41 Å². The fourth-order valence-electron chi connectivity index (χ4n) is 3.37. The Bertz CT molecular complexity index is 469. The van der Waals surface area contributed by atoms with Crippen LogP contribution in [0.2, 0.25) is 0 Å². The van der Waals surface area contributed by atoms with E-state index in [0.29, 0.717) is 11.5 Å². The molecule has 2 fully saturated rings. The smallest absolute Gasteiger partial charge is 0.132 e. The molecule has 116 valence electrons. The molecule has 1 N–H and O–H groups in total. The van der Waals surface area contributed by atoms with Gasteiger partial charge in [-0.3, -0.25) is 0 Å². The predicted molar refractivity (Wildman–Crippen MR) is 88.5 cm³/mol. The molecule has 1 aromatic rings. The van der Waals surface area contributed by atoms with Crippen LogP contribution in [0.4, 0.5) is 5.82 Å². The Morgan fingerprint density at radius 1 is 1.24 bits per heavy atom. The molecule has 0 unspecified atom stereocenters. The zero-order valence-corrected chi connectivity index (χ0v) is 13.7. The molecule has 0 radical (unpaired) electrons. The van der Waals surface area contributed by atoms with E-state index in [1.54, 1.807) is 0 Å². The summed E-state index contributed by atoms with van der Waals surface area (Å²) in [5, 5.41) is 3.62. The Hall–Kier alpha value is -1.09.